The molecule has 0 unspecified atom stereocenters. The van der Waals surface area contributed by atoms with Crippen molar-refractivity contribution in [3.63, 3.8) is 0 Å². The summed E-state index contributed by atoms with van der Waals surface area (Å²) in [5.74, 6) is 1.03. The second-order valence-corrected chi connectivity index (χ2v) is 7.29. The molecular weight excluding hydrogens is 412 g/mol. The van der Waals surface area contributed by atoms with Crippen molar-refractivity contribution in [3.05, 3.63) is 120 Å². The normalized spacial score (nSPS) is 10.7. The van der Waals surface area contributed by atoms with Crippen LogP contribution >= 0.6 is 0 Å². The molecule has 5 heteroatoms. The number of carbonyl (C=O) groups is 1. The Kier molecular flexibility index (Phi) is 7.48. The molecule has 0 radical (unpaired) electrons. The van der Waals surface area contributed by atoms with Gasteiger partial charge in [0, 0.05) is 5.56 Å². The van der Waals surface area contributed by atoms with E-state index in [1.807, 2.05) is 109 Å². The lowest BCUT2D eigenvalue weighted by Crippen LogP contribution is -2.24. The third-order valence-corrected chi connectivity index (χ3v) is 4.84. The Morgan fingerprint density at radius 1 is 0.788 bits per heavy atom. The number of amides is 1. The zero-order valence-corrected chi connectivity index (χ0v) is 18.1. The quantitative estimate of drug-likeness (QED) is 0.280. The van der Waals surface area contributed by atoms with E-state index in [2.05, 4.69) is 10.5 Å². The van der Waals surface area contributed by atoms with E-state index in [-0.39, 0.29) is 12.5 Å². The van der Waals surface area contributed by atoms with Gasteiger partial charge in [-0.2, -0.15) is 5.10 Å². The molecule has 0 heterocycles. The fraction of sp³-hybridized carbons (Fsp3) is 0.0714. The highest BCUT2D eigenvalue weighted by molar-refractivity contribution is 5.83. The number of para-hydroxylation sites is 1. The number of hydrogen-bond donors (Lipinski definition) is 1. The second-order valence-electron chi connectivity index (χ2n) is 7.29. The third-order valence-electron chi connectivity index (χ3n) is 4.84. The molecule has 0 aromatic heterocycles. The first kappa shape index (κ1) is 21.8. The van der Waals surface area contributed by atoms with Gasteiger partial charge in [0.05, 0.1) is 6.21 Å². The van der Waals surface area contributed by atoms with Crippen molar-refractivity contribution in [2.24, 2.45) is 5.10 Å². The Morgan fingerprint density at radius 3 is 2.33 bits per heavy atom. The average Bonchev–Trinajstić information content (AvgIpc) is 2.88. The van der Waals surface area contributed by atoms with E-state index in [0.29, 0.717) is 12.4 Å². The van der Waals surface area contributed by atoms with Crippen molar-refractivity contribution in [1.29, 1.82) is 0 Å². The maximum atomic E-state index is 12.2. The predicted octanol–water partition coefficient (Wildman–Crippen LogP) is 5.46. The summed E-state index contributed by atoms with van der Waals surface area (Å²) in [6.45, 7) is 0.349. The summed E-state index contributed by atoms with van der Waals surface area (Å²) >= 11 is 0. The van der Waals surface area contributed by atoms with Gasteiger partial charge >= 0.3 is 0 Å². The number of rotatable bonds is 9. The summed E-state index contributed by atoms with van der Waals surface area (Å²) in [5.41, 5.74) is 6.37. The maximum absolute atomic E-state index is 12.2. The number of carbonyl (C=O) groups excluding carboxylic acids is 1. The number of nitrogens with zero attached hydrogens (tertiary/aromatic N) is 1. The van der Waals surface area contributed by atoms with Gasteiger partial charge in [-0.3, -0.25) is 4.79 Å². The predicted molar refractivity (Wildman–Crippen MR) is 130 cm³/mol. The summed E-state index contributed by atoms with van der Waals surface area (Å²) in [6, 6.07) is 35.0. The van der Waals surface area contributed by atoms with E-state index >= 15 is 0 Å². The maximum Gasteiger partial charge on any atom is 0.277 e. The molecule has 0 aliphatic heterocycles. The number of hydrazone groups is 1. The average molecular weight is 437 g/mol. The minimum absolute atomic E-state index is 0.137. The highest BCUT2D eigenvalue weighted by Crippen LogP contribution is 2.29. The summed E-state index contributed by atoms with van der Waals surface area (Å²) in [7, 11) is 0. The van der Waals surface area contributed by atoms with E-state index in [1.54, 1.807) is 6.21 Å². The summed E-state index contributed by atoms with van der Waals surface area (Å²) < 4.78 is 11.6. The molecule has 0 saturated heterocycles. The highest BCUT2D eigenvalue weighted by Gasteiger charge is 2.07. The van der Waals surface area contributed by atoms with Crippen LogP contribution < -0.4 is 14.9 Å². The van der Waals surface area contributed by atoms with Gasteiger partial charge in [0.25, 0.3) is 5.91 Å². The highest BCUT2D eigenvalue weighted by atomic mass is 16.5. The SMILES string of the molecule is O=C(COc1ccccc1-c1ccccc1)N/N=C/c1cccc(OCc2ccccc2)c1. The molecule has 0 saturated carbocycles. The van der Waals surface area contributed by atoms with Crippen molar-refractivity contribution in [3.8, 4) is 22.6 Å². The van der Waals surface area contributed by atoms with E-state index in [4.69, 9.17) is 9.47 Å². The molecule has 4 rings (SSSR count). The number of hydrogen-bond acceptors (Lipinski definition) is 4. The lowest BCUT2D eigenvalue weighted by molar-refractivity contribution is -0.123. The molecule has 33 heavy (non-hydrogen) atoms. The fourth-order valence-corrected chi connectivity index (χ4v) is 3.23. The van der Waals surface area contributed by atoms with E-state index in [9.17, 15) is 4.79 Å². The molecule has 0 aliphatic rings. The van der Waals surface area contributed by atoms with Crippen LogP contribution in [-0.2, 0) is 11.4 Å². The van der Waals surface area contributed by atoms with Crippen molar-refractivity contribution >= 4 is 12.1 Å². The Labute approximate surface area is 193 Å². The molecule has 4 aromatic carbocycles. The van der Waals surface area contributed by atoms with Crippen LogP contribution in [0.1, 0.15) is 11.1 Å². The van der Waals surface area contributed by atoms with Crippen molar-refractivity contribution < 1.29 is 14.3 Å². The van der Waals surface area contributed by atoms with Crippen LogP contribution in [-0.4, -0.2) is 18.7 Å². The van der Waals surface area contributed by atoms with Crippen LogP contribution in [0.3, 0.4) is 0 Å². The Balaban J connectivity index is 1.29. The van der Waals surface area contributed by atoms with E-state index < -0.39 is 0 Å². The number of ether oxygens (including phenoxy) is 2. The van der Waals surface area contributed by atoms with Gasteiger partial charge in [-0.15, -0.1) is 0 Å². The standard InChI is InChI=1S/C28H24N2O3/c31-28(21-33-27-17-8-7-16-26(27)24-13-5-2-6-14-24)30-29-19-23-12-9-15-25(18-23)32-20-22-10-3-1-4-11-22/h1-19H,20-21H2,(H,30,31)/b29-19+. The zero-order chi connectivity index (χ0) is 22.7. The summed E-state index contributed by atoms with van der Waals surface area (Å²) in [5, 5.41) is 4.03. The lowest BCUT2D eigenvalue weighted by atomic mass is 10.1. The van der Waals surface area contributed by atoms with Gasteiger partial charge in [0.2, 0.25) is 0 Å². The smallest absolute Gasteiger partial charge is 0.277 e. The Hall–Kier alpha value is -4.38. The number of benzene rings is 4. The minimum Gasteiger partial charge on any atom is -0.489 e. The summed E-state index contributed by atoms with van der Waals surface area (Å²) in [4.78, 5) is 12.2. The molecule has 1 N–H and O–H groups in total. The first-order chi connectivity index (χ1) is 16.3. The Bertz CT molecular complexity index is 1210. The van der Waals surface area contributed by atoms with Crippen molar-refractivity contribution in [2.45, 2.75) is 6.61 Å². The monoisotopic (exact) mass is 436 g/mol. The lowest BCUT2D eigenvalue weighted by Gasteiger charge is -2.11. The largest absolute Gasteiger partial charge is 0.489 e. The molecule has 0 atom stereocenters. The summed E-state index contributed by atoms with van der Waals surface area (Å²) in [6.07, 6.45) is 1.57. The molecule has 0 fully saturated rings. The fourth-order valence-electron chi connectivity index (χ4n) is 3.23. The van der Waals surface area contributed by atoms with Gasteiger partial charge in [0.1, 0.15) is 18.1 Å². The topological polar surface area (TPSA) is 59.9 Å². The van der Waals surface area contributed by atoms with Gasteiger partial charge < -0.3 is 9.47 Å². The first-order valence-electron chi connectivity index (χ1n) is 10.6. The molecule has 0 spiro atoms. The zero-order valence-electron chi connectivity index (χ0n) is 18.1. The number of nitrogens with one attached hydrogen (secondary N) is 1. The third kappa shape index (κ3) is 6.55. The van der Waals surface area contributed by atoms with Gasteiger partial charge in [-0.1, -0.05) is 91.0 Å². The van der Waals surface area contributed by atoms with Crippen LogP contribution in [0.25, 0.3) is 11.1 Å². The van der Waals surface area contributed by atoms with Crippen LogP contribution in [0.4, 0.5) is 0 Å². The second kappa shape index (κ2) is 11.3. The van der Waals surface area contributed by atoms with Crippen LogP contribution in [0.15, 0.2) is 114 Å². The first-order valence-corrected chi connectivity index (χ1v) is 10.6. The van der Waals surface area contributed by atoms with Crippen LogP contribution in [0, 0.1) is 0 Å². The van der Waals surface area contributed by atoms with Crippen LogP contribution in [0.2, 0.25) is 0 Å². The van der Waals surface area contributed by atoms with E-state index in [0.717, 1.165) is 28.0 Å². The molecule has 1 amide bonds. The molecule has 0 bridgehead atoms. The molecule has 0 aliphatic carbocycles. The minimum atomic E-state index is -0.342. The molecule has 164 valence electrons. The Morgan fingerprint density at radius 2 is 1.52 bits per heavy atom. The molecular formula is C28H24N2O3. The molecule has 4 aromatic rings. The van der Waals surface area contributed by atoms with E-state index in [1.165, 1.54) is 0 Å². The van der Waals surface area contributed by atoms with Gasteiger partial charge in [-0.25, -0.2) is 5.43 Å². The van der Waals surface area contributed by atoms with Gasteiger partial charge in [-0.05, 0) is 34.9 Å². The van der Waals surface area contributed by atoms with Crippen molar-refractivity contribution in [2.75, 3.05) is 6.61 Å². The van der Waals surface area contributed by atoms with Gasteiger partial charge in [0.15, 0.2) is 6.61 Å². The molecule has 5 nitrogen and oxygen atoms in total. The van der Waals surface area contributed by atoms with Crippen molar-refractivity contribution in [1.82, 2.24) is 5.43 Å². The van der Waals surface area contributed by atoms with Crippen LogP contribution in [0.5, 0.6) is 11.5 Å².